The molecule has 0 spiro atoms. The normalized spacial score (nSPS) is 12.0. The zero-order valence-corrected chi connectivity index (χ0v) is 16.7. The molecule has 0 saturated carbocycles. The third-order valence-corrected chi connectivity index (χ3v) is 4.70. The molecule has 4 aromatic rings. The van der Waals surface area contributed by atoms with Gasteiger partial charge in [0, 0.05) is 17.6 Å². The lowest BCUT2D eigenvalue weighted by Gasteiger charge is -2.06. The lowest BCUT2D eigenvalue weighted by Crippen LogP contribution is -2.11. The number of carbonyl (C=O) groups excluding carboxylic acids is 1. The topological polar surface area (TPSA) is 121 Å². The van der Waals surface area contributed by atoms with E-state index in [1.807, 2.05) is 37.3 Å². The van der Waals surface area contributed by atoms with Crippen LogP contribution in [0.3, 0.4) is 0 Å². The number of H-pyrrole nitrogens is 1. The summed E-state index contributed by atoms with van der Waals surface area (Å²) in [4.78, 5) is 19.9. The first-order chi connectivity index (χ1) is 15.1. The number of aliphatic hydroxyl groups excluding tert-OH is 1. The quantitative estimate of drug-likeness (QED) is 0.258. The number of allylic oxidation sites excluding steroid dienone is 1. The average molecular weight is 417 g/mol. The highest BCUT2D eigenvalue weighted by atomic mass is 16.6. The van der Waals surface area contributed by atoms with Gasteiger partial charge in [0.1, 0.15) is 17.2 Å². The van der Waals surface area contributed by atoms with Gasteiger partial charge >= 0.3 is 5.97 Å². The number of furan rings is 1. The number of carbonyl (C=O) groups is 1. The molecule has 2 N–H and O–H groups in total. The van der Waals surface area contributed by atoms with Gasteiger partial charge in [-0.3, -0.25) is 0 Å². The summed E-state index contributed by atoms with van der Waals surface area (Å²) in [6.45, 7) is 2.00. The molecule has 8 heteroatoms. The number of hydrogen-bond donors (Lipinski definition) is 2. The fraction of sp³-hybridized carbons (Fsp3) is 0.174. The molecular formula is C23H19N3O5. The van der Waals surface area contributed by atoms with Crippen LogP contribution in [0.1, 0.15) is 28.9 Å². The number of aliphatic hydroxyl groups is 1. The highest BCUT2D eigenvalue weighted by Gasteiger charge is 2.23. The maximum atomic E-state index is 12.7. The summed E-state index contributed by atoms with van der Waals surface area (Å²) in [5.41, 5.74) is 2.37. The molecule has 2 heterocycles. The van der Waals surface area contributed by atoms with Crippen molar-refractivity contribution in [3.05, 3.63) is 71.4 Å². The molecule has 2 aromatic heterocycles. The largest absolute Gasteiger partial charge is 0.507 e. The Hall–Kier alpha value is -4.09. The van der Waals surface area contributed by atoms with E-state index in [-0.39, 0.29) is 23.8 Å². The van der Waals surface area contributed by atoms with Gasteiger partial charge in [0.2, 0.25) is 5.76 Å². The van der Waals surface area contributed by atoms with Gasteiger partial charge in [0.05, 0.1) is 17.6 Å². The van der Waals surface area contributed by atoms with Crippen LogP contribution in [0.25, 0.3) is 27.6 Å². The summed E-state index contributed by atoms with van der Waals surface area (Å²) < 4.78 is 16.4. The van der Waals surface area contributed by atoms with Crippen molar-refractivity contribution in [2.24, 2.45) is 0 Å². The summed E-state index contributed by atoms with van der Waals surface area (Å²) in [5.74, 6) is -0.987. The Kier molecular flexibility index (Phi) is 5.69. The second kappa shape index (κ2) is 8.73. The van der Waals surface area contributed by atoms with Gasteiger partial charge in [-0.25, -0.2) is 9.78 Å². The highest BCUT2D eigenvalue weighted by molar-refractivity contribution is 5.96. The van der Waals surface area contributed by atoms with Crippen LogP contribution < -0.4 is 0 Å². The van der Waals surface area contributed by atoms with Gasteiger partial charge in [-0.05, 0) is 25.1 Å². The minimum absolute atomic E-state index is 0.00435. The van der Waals surface area contributed by atoms with Crippen molar-refractivity contribution in [3.8, 4) is 6.07 Å². The van der Waals surface area contributed by atoms with E-state index in [4.69, 9.17) is 13.9 Å². The Bertz CT molecular complexity index is 1290. The monoisotopic (exact) mass is 417 g/mol. The first-order valence-electron chi connectivity index (χ1n) is 9.65. The zero-order valence-electron chi connectivity index (χ0n) is 16.7. The molecule has 0 unspecified atom stereocenters. The second-order valence-corrected chi connectivity index (χ2v) is 6.66. The van der Waals surface area contributed by atoms with Crippen molar-refractivity contribution in [1.29, 1.82) is 5.26 Å². The van der Waals surface area contributed by atoms with E-state index in [2.05, 4.69) is 9.97 Å². The smallest absolute Gasteiger partial charge is 0.375 e. The number of fused-ring (bicyclic) bond motifs is 2. The number of hydrogen-bond acceptors (Lipinski definition) is 7. The second-order valence-electron chi connectivity index (χ2n) is 6.66. The van der Waals surface area contributed by atoms with E-state index in [0.717, 1.165) is 10.9 Å². The fourth-order valence-corrected chi connectivity index (χ4v) is 3.21. The minimum atomic E-state index is -0.764. The maximum Gasteiger partial charge on any atom is 0.375 e. The number of esters is 1. The minimum Gasteiger partial charge on any atom is -0.507 e. The molecule has 156 valence electrons. The zero-order chi connectivity index (χ0) is 21.8. The van der Waals surface area contributed by atoms with Crippen LogP contribution in [-0.4, -0.2) is 34.3 Å². The van der Waals surface area contributed by atoms with Crippen molar-refractivity contribution < 1.29 is 23.8 Å². The Labute approximate surface area is 177 Å². The van der Waals surface area contributed by atoms with Gasteiger partial charge < -0.3 is 24.0 Å². The number of ether oxygens (including phenoxy) is 2. The summed E-state index contributed by atoms with van der Waals surface area (Å²) in [7, 11) is 0. The maximum absolute atomic E-state index is 12.7. The molecule has 0 bridgehead atoms. The van der Waals surface area contributed by atoms with E-state index in [1.54, 1.807) is 24.3 Å². The standard InChI is InChI=1S/C23H19N3O5/c1-2-29-12-16-14-7-3-6-10-20(14)31-21(16)23(28)30-13-19(27)15(11-24)22-25-17-8-4-5-9-18(17)26-22/h3-10,27H,2,12-13H2,1H3,(H,25,26)/b19-15-. The van der Waals surface area contributed by atoms with Crippen LogP contribution in [0.5, 0.6) is 0 Å². The molecule has 2 aromatic carbocycles. The number of nitriles is 1. The molecule has 0 aliphatic rings. The third kappa shape index (κ3) is 3.99. The predicted molar refractivity (Wildman–Crippen MR) is 113 cm³/mol. The predicted octanol–water partition coefficient (Wildman–Crippen LogP) is 4.50. The molecule has 0 radical (unpaired) electrons. The molecule has 31 heavy (non-hydrogen) atoms. The van der Waals surface area contributed by atoms with E-state index in [1.165, 1.54) is 0 Å². The van der Waals surface area contributed by atoms with Gasteiger partial charge in [-0.15, -0.1) is 0 Å². The summed E-state index contributed by atoms with van der Waals surface area (Å²) in [5, 5.41) is 20.6. The van der Waals surface area contributed by atoms with Crippen LogP contribution in [0, 0.1) is 11.3 Å². The summed E-state index contributed by atoms with van der Waals surface area (Å²) in [6.07, 6.45) is 0. The first-order valence-corrected chi connectivity index (χ1v) is 9.65. The lowest BCUT2D eigenvalue weighted by molar-refractivity contribution is 0.0461. The van der Waals surface area contributed by atoms with Gasteiger partial charge in [-0.1, -0.05) is 30.3 Å². The summed E-state index contributed by atoms with van der Waals surface area (Å²) >= 11 is 0. The van der Waals surface area contributed by atoms with E-state index >= 15 is 0 Å². The highest BCUT2D eigenvalue weighted by Crippen LogP contribution is 2.27. The van der Waals surface area contributed by atoms with Crippen LogP contribution in [0.4, 0.5) is 0 Å². The number of para-hydroxylation sites is 3. The number of aromatic nitrogens is 2. The molecule has 8 nitrogen and oxygen atoms in total. The Morgan fingerprint density at radius 3 is 2.77 bits per heavy atom. The van der Waals surface area contributed by atoms with E-state index in [0.29, 0.717) is 23.3 Å². The van der Waals surface area contributed by atoms with Crippen LogP contribution in [-0.2, 0) is 16.1 Å². The van der Waals surface area contributed by atoms with Crippen LogP contribution >= 0.6 is 0 Å². The number of nitrogens with one attached hydrogen (secondary N) is 1. The van der Waals surface area contributed by atoms with Gasteiger partial charge in [-0.2, -0.15) is 5.26 Å². The van der Waals surface area contributed by atoms with Crippen molar-refractivity contribution >= 4 is 33.5 Å². The number of rotatable bonds is 7. The number of imidazole rings is 1. The van der Waals surface area contributed by atoms with Crippen molar-refractivity contribution in [1.82, 2.24) is 9.97 Å². The molecule has 0 atom stereocenters. The van der Waals surface area contributed by atoms with Gasteiger partial charge in [0.25, 0.3) is 0 Å². The first kappa shape index (κ1) is 20.2. The van der Waals surface area contributed by atoms with Crippen molar-refractivity contribution in [2.75, 3.05) is 13.2 Å². The SMILES string of the molecule is CCOCc1c(C(=O)OC/C(O)=C(\C#N)c2nc3ccccc3[nH]2)oc2ccccc12. The molecule has 4 rings (SSSR count). The average Bonchev–Trinajstić information content (AvgIpc) is 3.38. The fourth-order valence-electron chi connectivity index (χ4n) is 3.21. The lowest BCUT2D eigenvalue weighted by atomic mass is 10.1. The van der Waals surface area contributed by atoms with E-state index < -0.39 is 18.3 Å². The molecule has 0 fully saturated rings. The number of aromatic amines is 1. The van der Waals surface area contributed by atoms with Crippen molar-refractivity contribution in [3.63, 3.8) is 0 Å². The molecule has 0 aliphatic carbocycles. The number of benzene rings is 2. The third-order valence-electron chi connectivity index (χ3n) is 4.70. The van der Waals surface area contributed by atoms with E-state index in [9.17, 15) is 15.2 Å². The molecular weight excluding hydrogens is 398 g/mol. The Morgan fingerprint density at radius 1 is 1.23 bits per heavy atom. The van der Waals surface area contributed by atoms with Crippen molar-refractivity contribution in [2.45, 2.75) is 13.5 Å². The molecule has 0 saturated heterocycles. The van der Waals surface area contributed by atoms with Crippen LogP contribution in [0.2, 0.25) is 0 Å². The Morgan fingerprint density at radius 2 is 2.00 bits per heavy atom. The summed E-state index contributed by atoms with van der Waals surface area (Å²) in [6, 6.07) is 16.3. The number of nitrogens with zero attached hydrogens (tertiary/aromatic N) is 2. The molecule has 0 aliphatic heterocycles. The molecule has 0 amide bonds. The van der Waals surface area contributed by atoms with Crippen LogP contribution in [0.15, 0.2) is 58.7 Å². The van der Waals surface area contributed by atoms with Gasteiger partial charge in [0.15, 0.2) is 18.2 Å². The Balaban J connectivity index is 1.58.